The summed E-state index contributed by atoms with van der Waals surface area (Å²) >= 11 is 0. The minimum absolute atomic E-state index is 0.00116. The van der Waals surface area contributed by atoms with Crippen molar-refractivity contribution in [1.82, 2.24) is 0 Å². The Bertz CT molecular complexity index is 477. The van der Waals surface area contributed by atoms with Crippen molar-refractivity contribution in [1.29, 1.82) is 0 Å². The molecule has 0 aliphatic heterocycles. The van der Waals surface area contributed by atoms with E-state index in [4.69, 9.17) is 9.47 Å². The minimum atomic E-state index is -0.135. The fourth-order valence-corrected chi connectivity index (χ4v) is 4.65. The van der Waals surface area contributed by atoms with Crippen LogP contribution in [0.3, 0.4) is 0 Å². The summed E-state index contributed by atoms with van der Waals surface area (Å²) in [5.74, 6) is -0.265. The summed E-state index contributed by atoms with van der Waals surface area (Å²) in [5, 5.41) is 0. The van der Waals surface area contributed by atoms with Crippen molar-refractivity contribution in [3.05, 3.63) is 0 Å². The summed E-state index contributed by atoms with van der Waals surface area (Å²) in [6.07, 6.45) is 29.2. The largest absolute Gasteiger partial charge is 0.466 e. The number of hydrogen-bond donors (Lipinski definition) is 0. The Kier molecular flexibility index (Phi) is 27.7. The third-order valence-electron chi connectivity index (χ3n) is 7.07. The maximum absolute atomic E-state index is 12.0. The van der Waals surface area contributed by atoms with Gasteiger partial charge in [-0.15, -0.1) is 0 Å². The van der Waals surface area contributed by atoms with Gasteiger partial charge >= 0.3 is 11.9 Å². The molecular formula is C32H62O4. The van der Waals surface area contributed by atoms with Gasteiger partial charge in [-0.3, -0.25) is 9.59 Å². The van der Waals surface area contributed by atoms with Crippen molar-refractivity contribution in [3.63, 3.8) is 0 Å². The van der Waals surface area contributed by atoms with E-state index in [1.54, 1.807) is 0 Å². The number of carbonyl (C=O) groups excluding carboxylic acids is 2. The molecule has 1 unspecified atom stereocenters. The molecule has 4 heteroatoms. The van der Waals surface area contributed by atoms with E-state index in [9.17, 15) is 9.59 Å². The first-order chi connectivity index (χ1) is 17.6. The van der Waals surface area contributed by atoms with Gasteiger partial charge in [0.05, 0.1) is 12.7 Å². The standard InChI is InChI=1S/C32H62O4/c1-4-6-8-10-12-13-14-15-16-17-18-19-21-25-29-35-31(33)27-23-24-28-32(34)36-30(3)26-22-20-11-9-7-5-2/h30H,4-29H2,1-3H3. The van der Waals surface area contributed by atoms with E-state index in [-0.39, 0.29) is 18.0 Å². The third-order valence-corrected chi connectivity index (χ3v) is 7.07. The highest BCUT2D eigenvalue weighted by Gasteiger charge is 2.10. The second kappa shape index (κ2) is 28.5. The smallest absolute Gasteiger partial charge is 0.306 e. The molecule has 0 saturated heterocycles. The van der Waals surface area contributed by atoms with Crippen LogP contribution >= 0.6 is 0 Å². The topological polar surface area (TPSA) is 52.6 Å². The van der Waals surface area contributed by atoms with Crippen LogP contribution in [0.25, 0.3) is 0 Å². The van der Waals surface area contributed by atoms with Crippen molar-refractivity contribution in [2.45, 2.75) is 187 Å². The van der Waals surface area contributed by atoms with E-state index >= 15 is 0 Å². The quantitative estimate of drug-likeness (QED) is 0.0775. The summed E-state index contributed by atoms with van der Waals surface area (Å²) in [6.45, 7) is 7.02. The molecule has 0 amide bonds. The zero-order valence-electron chi connectivity index (χ0n) is 24.6. The number of carbonyl (C=O) groups is 2. The Morgan fingerprint density at radius 3 is 1.36 bits per heavy atom. The normalized spacial score (nSPS) is 12.0. The van der Waals surface area contributed by atoms with E-state index in [1.165, 1.54) is 109 Å². The van der Waals surface area contributed by atoms with Gasteiger partial charge in [-0.25, -0.2) is 0 Å². The second-order valence-electron chi connectivity index (χ2n) is 10.9. The molecule has 36 heavy (non-hydrogen) atoms. The molecule has 0 aliphatic rings. The summed E-state index contributed by atoms with van der Waals surface area (Å²) in [7, 11) is 0. The lowest BCUT2D eigenvalue weighted by atomic mass is 10.0. The average molecular weight is 511 g/mol. The molecule has 0 N–H and O–H groups in total. The van der Waals surface area contributed by atoms with Crippen molar-refractivity contribution >= 4 is 11.9 Å². The fourth-order valence-electron chi connectivity index (χ4n) is 4.65. The molecule has 0 fully saturated rings. The number of unbranched alkanes of at least 4 members (excludes halogenated alkanes) is 19. The Hall–Kier alpha value is -1.06. The first-order valence-electron chi connectivity index (χ1n) is 15.9. The van der Waals surface area contributed by atoms with Crippen molar-refractivity contribution < 1.29 is 19.1 Å². The van der Waals surface area contributed by atoms with Crippen LogP contribution in [0.4, 0.5) is 0 Å². The lowest BCUT2D eigenvalue weighted by molar-refractivity contribution is -0.149. The monoisotopic (exact) mass is 510 g/mol. The van der Waals surface area contributed by atoms with Crippen molar-refractivity contribution in [2.24, 2.45) is 0 Å². The molecule has 0 aliphatic carbocycles. The van der Waals surface area contributed by atoms with Crippen molar-refractivity contribution in [2.75, 3.05) is 6.61 Å². The Labute approximate surface area is 225 Å². The fraction of sp³-hybridized carbons (Fsp3) is 0.938. The summed E-state index contributed by atoms with van der Waals surface area (Å²) in [4.78, 5) is 23.8. The zero-order chi connectivity index (χ0) is 26.5. The highest BCUT2D eigenvalue weighted by atomic mass is 16.5. The van der Waals surface area contributed by atoms with E-state index < -0.39 is 0 Å². The molecule has 0 heterocycles. The predicted octanol–water partition coefficient (Wildman–Crippen LogP) is 10.3. The predicted molar refractivity (Wildman–Crippen MR) is 153 cm³/mol. The van der Waals surface area contributed by atoms with Crippen LogP contribution in [-0.2, 0) is 19.1 Å². The van der Waals surface area contributed by atoms with Gasteiger partial charge in [-0.2, -0.15) is 0 Å². The van der Waals surface area contributed by atoms with Crippen LogP contribution in [0.2, 0.25) is 0 Å². The van der Waals surface area contributed by atoms with E-state index in [1.807, 2.05) is 6.92 Å². The second-order valence-corrected chi connectivity index (χ2v) is 10.9. The molecule has 0 aromatic rings. The molecule has 0 aromatic heterocycles. The van der Waals surface area contributed by atoms with Crippen LogP contribution in [0.1, 0.15) is 181 Å². The SMILES string of the molecule is CCCCCCCCCCCCCCCCOC(=O)CCCCC(=O)OC(C)CCCCCCCC. The van der Waals surface area contributed by atoms with Crippen LogP contribution in [0, 0.1) is 0 Å². The first-order valence-corrected chi connectivity index (χ1v) is 15.9. The van der Waals surface area contributed by atoms with Gasteiger partial charge in [0, 0.05) is 12.8 Å². The van der Waals surface area contributed by atoms with Gasteiger partial charge in [0.2, 0.25) is 0 Å². The Morgan fingerprint density at radius 1 is 0.500 bits per heavy atom. The van der Waals surface area contributed by atoms with E-state index in [0.717, 1.165) is 25.7 Å². The number of rotatable bonds is 28. The molecule has 0 rings (SSSR count). The van der Waals surface area contributed by atoms with E-state index in [0.29, 0.717) is 32.3 Å². The van der Waals surface area contributed by atoms with E-state index in [2.05, 4.69) is 13.8 Å². The number of hydrogen-bond acceptors (Lipinski definition) is 4. The molecular weight excluding hydrogens is 448 g/mol. The Morgan fingerprint density at radius 2 is 0.889 bits per heavy atom. The molecule has 0 saturated carbocycles. The van der Waals surface area contributed by atoms with Crippen LogP contribution in [0.5, 0.6) is 0 Å². The lowest BCUT2D eigenvalue weighted by Gasteiger charge is -2.13. The van der Waals surface area contributed by atoms with Crippen LogP contribution < -0.4 is 0 Å². The van der Waals surface area contributed by atoms with Gasteiger partial charge in [-0.05, 0) is 39.0 Å². The molecule has 0 aromatic carbocycles. The van der Waals surface area contributed by atoms with Crippen molar-refractivity contribution in [3.8, 4) is 0 Å². The summed E-state index contributed by atoms with van der Waals surface area (Å²) in [6, 6.07) is 0. The maximum atomic E-state index is 12.0. The van der Waals surface area contributed by atoms with Gasteiger partial charge in [-0.1, -0.05) is 129 Å². The van der Waals surface area contributed by atoms with Gasteiger partial charge in [0.1, 0.15) is 0 Å². The minimum Gasteiger partial charge on any atom is -0.466 e. The molecule has 0 radical (unpaired) electrons. The molecule has 4 nitrogen and oxygen atoms in total. The molecule has 1 atom stereocenters. The summed E-state index contributed by atoms with van der Waals surface area (Å²) in [5.41, 5.74) is 0. The van der Waals surface area contributed by atoms with Gasteiger partial charge in [0.25, 0.3) is 0 Å². The zero-order valence-corrected chi connectivity index (χ0v) is 24.6. The third kappa shape index (κ3) is 27.5. The highest BCUT2D eigenvalue weighted by Crippen LogP contribution is 2.14. The van der Waals surface area contributed by atoms with Gasteiger partial charge in [0.15, 0.2) is 0 Å². The summed E-state index contributed by atoms with van der Waals surface area (Å²) < 4.78 is 10.8. The van der Waals surface area contributed by atoms with Crippen LogP contribution in [0.15, 0.2) is 0 Å². The maximum Gasteiger partial charge on any atom is 0.306 e. The average Bonchev–Trinajstić information content (AvgIpc) is 2.86. The van der Waals surface area contributed by atoms with Gasteiger partial charge < -0.3 is 9.47 Å². The number of esters is 2. The number of ether oxygens (including phenoxy) is 2. The molecule has 214 valence electrons. The first kappa shape index (κ1) is 34.9. The lowest BCUT2D eigenvalue weighted by Crippen LogP contribution is -2.14. The Balaban J connectivity index is 3.36. The van der Waals surface area contributed by atoms with Crippen LogP contribution in [-0.4, -0.2) is 24.6 Å². The highest BCUT2D eigenvalue weighted by molar-refractivity contribution is 5.70. The molecule has 0 spiro atoms. The molecule has 0 bridgehead atoms.